The molecule has 4 nitrogen and oxygen atoms in total. The smallest absolute Gasteiger partial charge is 0.264 e. The normalized spacial score (nSPS) is 7.25. The first-order chi connectivity index (χ1) is 2.00. The predicted octanol–water partition coefficient (Wildman–Crippen LogP) is -9.64. The molecule has 32 valence electrons. The van der Waals surface area contributed by atoms with Crippen molar-refractivity contribution in [3.63, 3.8) is 0 Å². The van der Waals surface area contributed by atoms with E-state index in [0.29, 0.717) is 0 Å². The van der Waals surface area contributed by atoms with E-state index in [-0.39, 0.29) is 88.7 Å². The monoisotopic (exact) mass is 167 g/mol. The third kappa shape index (κ3) is 66.7. The minimum absolute atomic E-state index is 0. The van der Waals surface area contributed by atoms with E-state index in [1.54, 1.807) is 0 Å². The van der Waals surface area contributed by atoms with Crippen molar-refractivity contribution in [3.05, 3.63) is 0 Å². The van der Waals surface area contributed by atoms with Crippen LogP contribution in [0.4, 0.5) is 0 Å². The summed E-state index contributed by atoms with van der Waals surface area (Å²) < 4.78 is 31.6. The minimum atomic E-state index is -4.67. The average molecular weight is 167 g/mol. The topological polar surface area (TPSA) is 74.6 Å². The van der Waals surface area contributed by atoms with Crippen LogP contribution in [0.2, 0.25) is 0 Å². The molecule has 0 atom stereocenters. The van der Waals surface area contributed by atoms with Crippen molar-refractivity contribution in [2.75, 3.05) is 0 Å². The summed E-state index contributed by atoms with van der Waals surface area (Å²) >= 11 is 0. The van der Waals surface area contributed by atoms with Gasteiger partial charge in [0.1, 0.15) is 0 Å². The molecule has 0 rings (SSSR count). The van der Waals surface area contributed by atoms with Gasteiger partial charge >= 0.3 is 99.1 Å². The first-order valence-electron chi connectivity index (χ1n) is 0.698. The van der Waals surface area contributed by atoms with E-state index in [4.69, 9.17) is 17.5 Å². The van der Waals surface area contributed by atoms with Crippen LogP contribution in [0.15, 0.2) is 0 Å². The zero-order chi connectivity index (χ0) is 4.50. The molecule has 8 heteroatoms. The molecule has 0 aromatic rings. The molecule has 0 aromatic heterocycles. The van der Waals surface area contributed by atoms with Crippen LogP contribution >= 0.6 is 0 Å². The molecule has 0 bridgehead atoms. The Bertz CT molecular complexity index is 94.5. The van der Waals surface area contributed by atoms with Gasteiger partial charge in [0, 0.05) is 0 Å². The minimum Gasteiger partial charge on any atom is -0.264 e. The van der Waals surface area contributed by atoms with Gasteiger partial charge in [0.2, 0.25) is 0 Å². The third-order valence-electron chi connectivity index (χ3n) is 0. The number of rotatable bonds is 0. The summed E-state index contributed by atoms with van der Waals surface area (Å²) in [5, 5.41) is 0. The van der Waals surface area contributed by atoms with E-state index < -0.39 is 10.4 Å². The summed E-state index contributed by atoms with van der Waals surface area (Å²) in [7, 11) is -4.67. The van der Waals surface area contributed by atoms with Gasteiger partial charge in [-0.25, -0.2) is 0 Å². The molecule has 8 heavy (non-hydrogen) atoms. The molecule has 0 aliphatic heterocycles. The molecule has 0 saturated carbocycles. The molecule has 0 aliphatic carbocycles. The maximum atomic E-state index is 8.74. The van der Waals surface area contributed by atoms with Gasteiger partial charge < -0.3 is 0 Å². The van der Waals surface area contributed by atoms with Crippen LogP contribution in [0.5, 0.6) is 0 Å². The van der Waals surface area contributed by atoms with Crippen molar-refractivity contribution in [2.24, 2.45) is 0 Å². The van der Waals surface area contributed by atoms with E-state index in [1.807, 2.05) is 0 Å². The van der Waals surface area contributed by atoms with Gasteiger partial charge in [-0.05, 0) is 0 Å². The van der Waals surface area contributed by atoms with Gasteiger partial charge in [-0.15, -0.1) is 0 Å². The predicted molar refractivity (Wildman–Crippen MR) is 14.2 cm³/mol. The Hall–Kier alpha value is 2.87. The second kappa shape index (κ2) is 9.87. The molecular formula is H2Na3O4S+3. The zero-order valence-electron chi connectivity index (χ0n) is 5.12. The zero-order valence-corrected chi connectivity index (χ0v) is 11.9. The Morgan fingerprint density at radius 1 is 0.875 bits per heavy atom. The molecule has 2 N–H and O–H groups in total. The van der Waals surface area contributed by atoms with Crippen LogP contribution in [0.25, 0.3) is 0 Å². The van der Waals surface area contributed by atoms with E-state index >= 15 is 0 Å². The van der Waals surface area contributed by atoms with Gasteiger partial charge in [-0.3, -0.25) is 9.11 Å². The molecule has 0 heterocycles. The van der Waals surface area contributed by atoms with Crippen LogP contribution < -0.4 is 88.7 Å². The second-order valence-electron chi connectivity index (χ2n) is 0.448. The number of hydrogen-bond acceptors (Lipinski definition) is 2. The standard InChI is InChI=1S/3Na.H2O4S/c;;;1-5(2,3)4/h;;;(H2,1,2,3,4)/q3*+1;. The van der Waals surface area contributed by atoms with Crippen LogP contribution in [0.3, 0.4) is 0 Å². The molecular weight excluding hydrogens is 165 g/mol. The summed E-state index contributed by atoms with van der Waals surface area (Å²) in [6.07, 6.45) is 0. The van der Waals surface area contributed by atoms with Crippen molar-refractivity contribution in [2.45, 2.75) is 0 Å². The van der Waals surface area contributed by atoms with Gasteiger partial charge in [-0.1, -0.05) is 0 Å². The SMILES string of the molecule is O=S(=O)(O)O.[Na+].[Na+].[Na+]. The Labute approximate surface area is 114 Å². The molecule has 0 spiro atoms. The average Bonchev–Trinajstić information content (AvgIpc) is 0.722. The van der Waals surface area contributed by atoms with Crippen molar-refractivity contribution in [1.82, 2.24) is 0 Å². The van der Waals surface area contributed by atoms with E-state index in [9.17, 15) is 0 Å². The Morgan fingerprint density at radius 3 is 0.875 bits per heavy atom. The number of hydrogen-bond donors (Lipinski definition) is 2. The Balaban J connectivity index is -0.0000000267. The second-order valence-corrected chi connectivity index (χ2v) is 1.34. The molecule has 0 aromatic carbocycles. The first kappa shape index (κ1) is 22.4. The van der Waals surface area contributed by atoms with Crippen LogP contribution in [0.1, 0.15) is 0 Å². The quantitative estimate of drug-likeness (QED) is 0.277. The summed E-state index contributed by atoms with van der Waals surface area (Å²) in [6, 6.07) is 0. The Morgan fingerprint density at radius 2 is 0.875 bits per heavy atom. The molecule has 0 amide bonds. The van der Waals surface area contributed by atoms with Gasteiger partial charge in [0.25, 0.3) is 0 Å². The third-order valence-corrected chi connectivity index (χ3v) is 0. The first-order valence-corrected chi connectivity index (χ1v) is 2.10. The maximum Gasteiger partial charge on any atom is 1.00 e. The maximum absolute atomic E-state index is 8.74. The van der Waals surface area contributed by atoms with E-state index in [2.05, 4.69) is 0 Å². The summed E-state index contributed by atoms with van der Waals surface area (Å²) in [5.41, 5.74) is 0. The summed E-state index contributed by atoms with van der Waals surface area (Å²) in [5.74, 6) is 0. The van der Waals surface area contributed by atoms with Gasteiger partial charge in [0.15, 0.2) is 0 Å². The fourth-order valence-corrected chi connectivity index (χ4v) is 0. The fourth-order valence-electron chi connectivity index (χ4n) is 0. The van der Waals surface area contributed by atoms with Gasteiger partial charge in [0.05, 0.1) is 0 Å². The van der Waals surface area contributed by atoms with Crippen molar-refractivity contribution < 1.29 is 106 Å². The molecule has 0 radical (unpaired) electrons. The van der Waals surface area contributed by atoms with Crippen molar-refractivity contribution in [1.29, 1.82) is 0 Å². The summed E-state index contributed by atoms with van der Waals surface area (Å²) in [6.45, 7) is 0. The fraction of sp³-hybridized carbons (Fsp3) is 0. The molecule has 0 aliphatic rings. The molecule has 0 saturated heterocycles. The van der Waals surface area contributed by atoms with Crippen molar-refractivity contribution in [3.8, 4) is 0 Å². The molecule has 0 fully saturated rings. The van der Waals surface area contributed by atoms with Crippen molar-refractivity contribution >= 4 is 10.4 Å². The van der Waals surface area contributed by atoms with E-state index in [1.165, 1.54) is 0 Å². The van der Waals surface area contributed by atoms with Crippen LogP contribution in [0, 0.1) is 0 Å². The largest absolute Gasteiger partial charge is 1.00 e. The van der Waals surface area contributed by atoms with Crippen LogP contribution in [-0.4, -0.2) is 17.5 Å². The van der Waals surface area contributed by atoms with E-state index in [0.717, 1.165) is 0 Å². The molecule has 0 unspecified atom stereocenters. The van der Waals surface area contributed by atoms with Gasteiger partial charge in [-0.2, -0.15) is 8.42 Å². The van der Waals surface area contributed by atoms with Crippen LogP contribution in [-0.2, 0) is 10.4 Å². The summed E-state index contributed by atoms with van der Waals surface area (Å²) in [4.78, 5) is 0. The Kier molecular flexibility index (Phi) is 27.7.